The smallest absolute Gasteiger partial charge is 0.250 e. The lowest BCUT2D eigenvalue weighted by Gasteiger charge is -2.01. The van der Waals surface area contributed by atoms with E-state index in [-0.39, 0.29) is 10.8 Å². The molecule has 2 heterocycles. The van der Waals surface area contributed by atoms with Crippen LogP contribution in [0.5, 0.6) is 0 Å². The fourth-order valence-corrected chi connectivity index (χ4v) is 3.66. The van der Waals surface area contributed by atoms with E-state index in [0.29, 0.717) is 16.0 Å². The van der Waals surface area contributed by atoms with Gasteiger partial charge in [-0.1, -0.05) is 11.6 Å². The van der Waals surface area contributed by atoms with Crippen molar-refractivity contribution in [2.45, 2.75) is 17.7 Å². The third kappa shape index (κ3) is 3.06. The molecule has 0 unspecified atom stereocenters. The monoisotopic (exact) mass is 292 g/mol. The summed E-state index contributed by atoms with van der Waals surface area (Å²) >= 11 is 6.68. The van der Waals surface area contributed by atoms with E-state index in [1.54, 1.807) is 6.92 Å². The van der Waals surface area contributed by atoms with Gasteiger partial charge >= 0.3 is 0 Å². The molecule has 0 saturated heterocycles. The zero-order valence-corrected chi connectivity index (χ0v) is 11.2. The Kier molecular flexibility index (Phi) is 3.53. The number of aromatic nitrogens is 1. The van der Waals surface area contributed by atoms with Crippen LogP contribution in [0.3, 0.4) is 0 Å². The van der Waals surface area contributed by atoms with Crippen LogP contribution in [0.15, 0.2) is 27.0 Å². The number of thiophene rings is 1. The van der Waals surface area contributed by atoms with Crippen molar-refractivity contribution in [3.63, 3.8) is 0 Å². The fourth-order valence-electron chi connectivity index (χ4n) is 1.15. The summed E-state index contributed by atoms with van der Waals surface area (Å²) in [6, 6.07) is 2.99. The Labute approximate surface area is 107 Å². The minimum absolute atomic E-state index is 0.0195. The largest absolute Gasteiger partial charge is 0.445 e. The van der Waals surface area contributed by atoms with E-state index in [1.807, 2.05) is 0 Å². The molecule has 17 heavy (non-hydrogen) atoms. The van der Waals surface area contributed by atoms with Gasteiger partial charge in [0.1, 0.15) is 9.97 Å². The van der Waals surface area contributed by atoms with Gasteiger partial charge in [0, 0.05) is 0 Å². The Balaban J connectivity index is 2.08. The second kappa shape index (κ2) is 4.77. The topological polar surface area (TPSA) is 72.2 Å². The maximum atomic E-state index is 11.8. The van der Waals surface area contributed by atoms with Crippen LogP contribution in [0, 0.1) is 6.92 Å². The highest BCUT2D eigenvalue weighted by molar-refractivity contribution is 7.91. The highest BCUT2D eigenvalue weighted by Crippen LogP contribution is 2.25. The van der Waals surface area contributed by atoms with Crippen LogP contribution in [-0.4, -0.2) is 13.4 Å². The van der Waals surface area contributed by atoms with Gasteiger partial charge in [-0.2, -0.15) is 0 Å². The Morgan fingerprint density at radius 2 is 2.29 bits per heavy atom. The second-order valence-electron chi connectivity index (χ2n) is 3.25. The minimum atomic E-state index is -3.54. The Hall–Kier alpha value is -0.890. The molecule has 0 bridgehead atoms. The van der Waals surface area contributed by atoms with Crippen LogP contribution < -0.4 is 4.72 Å². The average Bonchev–Trinajstić information content (AvgIpc) is 2.85. The van der Waals surface area contributed by atoms with Crippen molar-refractivity contribution < 1.29 is 12.8 Å². The molecule has 0 aliphatic rings. The molecule has 0 spiro atoms. The van der Waals surface area contributed by atoms with Gasteiger partial charge in [-0.05, 0) is 19.1 Å². The van der Waals surface area contributed by atoms with E-state index >= 15 is 0 Å². The molecule has 8 heteroatoms. The molecule has 0 atom stereocenters. The third-order valence-electron chi connectivity index (χ3n) is 1.90. The Morgan fingerprint density at radius 1 is 1.53 bits per heavy atom. The molecule has 2 aromatic heterocycles. The standard InChI is InChI=1S/C9H9ClN2O3S2/c1-6-4-11-8(15-6)5-12-17(13,14)9-3-2-7(10)16-9/h2-4,12H,5H2,1H3. The number of oxazole rings is 1. The van der Waals surface area contributed by atoms with Crippen molar-refractivity contribution in [1.82, 2.24) is 9.71 Å². The molecule has 2 rings (SSSR count). The normalized spacial score (nSPS) is 11.9. The number of nitrogens with one attached hydrogen (secondary N) is 1. The van der Waals surface area contributed by atoms with Crippen LogP contribution >= 0.6 is 22.9 Å². The summed E-state index contributed by atoms with van der Waals surface area (Å²) in [5.41, 5.74) is 0. The third-order valence-corrected chi connectivity index (χ3v) is 5.02. The molecular weight excluding hydrogens is 284 g/mol. The highest BCUT2D eigenvalue weighted by atomic mass is 35.5. The maximum absolute atomic E-state index is 11.8. The average molecular weight is 293 g/mol. The molecule has 0 saturated carbocycles. The fraction of sp³-hybridized carbons (Fsp3) is 0.222. The number of hydrogen-bond acceptors (Lipinski definition) is 5. The number of nitrogens with zero attached hydrogens (tertiary/aromatic N) is 1. The summed E-state index contributed by atoms with van der Waals surface area (Å²) in [5, 5.41) is 0. The molecule has 1 N–H and O–H groups in total. The zero-order valence-electron chi connectivity index (χ0n) is 8.81. The SMILES string of the molecule is Cc1cnc(CNS(=O)(=O)c2ccc(Cl)s2)o1. The van der Waals surface area contributed by atoms with E-state index in [9.17, 15) is 8.42 Å². The predicted molar refractivity (Wildman–Crippen MR) is 64.6 cm³/mol. The molecule has 2 aromatic rings. The van der Waals surface area contributed by atoms with Gasteiger partial charge in [0.15, 0.2) is 0 Å². The summed E-state index contributed by atoms with van der Waals surface area (Å²) in [4.78, 5) is 3.90. The molecule has 0 aliphatic heterocycles. The minimum Gasteiger partial charge on any atom is -0.445 e. The summed E-state index contributed by atoms with van der Waals surface area (Å²) in [6.07, 6.45) is 1.53. The first-order valence-electron chi connectivity index (χ1n) is 4.64. The Morgan fingerprint density at radius 3 is 2.82 bits per heavy atom. The van der Waals surface area contributed by atoms with Crippen LogP contribution in [0.1, 0.15) is 11.7 Å². The van der Waals surface area contributed by atoms with Crippen LogP contribution in [-0.2, 0) is 16.6 Å². The van der Waals surface area contributed by atoms with Gasteiger partial charge in [0.25, 0.3) is 10.0 Å². The first kappa shape index (κ1) is 12.6. The summed E-state index contributed by atoms with van der Waals surface area (Å²) in [6.45, 7) is 1.76. The van der Waals surface area contributed by atoms with Crippen molar-refractivity contribution in [1.29, 1.82) is 0 Å². The first-order chi connectivity index (χ1) is 7.97. The second-order valence-corrected chi connectivity index (χ2v) is 6.96. The van der Waals surface area contributed by atoms with Gasteiger partial charge in [0.2, 0.25) is 5.89 Å². The molecule has 0 aromatic carbocycles. The lowest BCUT2D eigenvalue weighted by Crippen LogP contribution is -2.22. The van der Waals surface area contributed by atoms with Crippen molar-refractivity contribution in [2.75, 3.05) is 0 Å². The molecule has 0 radical (unpaired) electrons. The summed E-state index contributed by atoms with van der Waals surface area (Å²) in [7, 11) is -3.54. The number of aryl methyl sites for hydroxylation is 1. The molecule has 0 fully saturated rings. The first-order valence-corrected chi connectivity index (χ1v) is 7.31. The van der Waals surface area contributed by atoms with Gasteiger partial charge in [-0.15, -0.1) is 11.3 Å². The molecule has 5 nitrogen and oxygen atoms in total. The van der Waals surface area contributed by atoms with Gasteiger partial charge in [0.05, 0.1) is 17.1 Å². The van der Waals surface area contributed by atoms with Gasteiger partial charge < -0.3 is 4.42 Å². The van der Waals surface area contributed by atoms with E-state index in [2.05, 4.69) is 9.71 Å². The van der Waals surface area contributed by atoms with Crippen LogP contribution in [0.2, 0.25) is 4.34 Å². The zero-order chi connectivity index (χ0) is 12.5. The number of rotatable bonds is 4. The maximum Gasteiger partial charge on any atom is 0.250 e. The van der Waals surface area contributed by atoms with Gasteiger partial charge in [-0.3, -0.25) is 0 Å². The summed E-state index contributed by atoms with van der Waals surface area (Å²) < 4.78 is 31.7. The number of sulfonamides is 1. The Bertz CT molecular complexity index is 618. The van der Waals surface area contributed by atoms with E-state index in [0.717, 1.165) is 11.3 Å². The van der Waals surface area contributed by atoms with Crippen molar-refractivity contribution in [2.24, 2.45) is 0 Å². The number of halogens is 1. The van der Waals surface area contributed by atoms with Crippen LogP contribution in [0.25, 0.3) is 0 Å². The quantitative estimate of drug-likeness (QED) is 0.937. The highest BCUT2D eigenvalue weighted by Gasteiger charge is 2.17. The van der Waals surface area contributed by atoms with Gasteiger partial charge in [-0.25, -0.2) is 18.1 Å². The molecule has 0 aliphatic carbocycles. The number of hydrogen-bond donors (Lipinski definition) is 1. The molecule has 92 valence electrons. The van der Waals surface area contributed by atoms with Crippen molar-refractivity contribution >= 4 is 33.0 Å². The lowest BCUT2D eigenvalue weighted by molar-refractivity contribution is 0.463. The lowest BCUT2D eigenvalue weighted by atomic mass is 10.6. The van der Waals surface area contributed by atoms with E-state index in [1.165, 1.54) is 18.3 Å². The van der Waals surface area contributed by atoms with Crippen LogP contribution in [0.4, 0.5) is 0 Å². The van der Waals surface area contributed by atoms with Crippen molar-refractivity contribution in [3.05, 3.63) is 34.3 Å². The predicted octanol–water partition coefficient (Wildman–Crippen LogP) is 2.18. The van der Waals surface area contributed by atoms with E-state index in [4.69, 9.17) is 16.0 Å². The van der Waals surface area contributed by atoms with Crippen molar-refractivity contribution in [3.8, 4) is 0 Å². The molecular formula is C9H9ClN2O3S2. The summed E-state index contributed by atoms with van der Waals surface area (Å²) in [5.74, 6) is 0.965. The van der Waals surface area contributed by atoms with E-state index < -0.39 is 10.0 Å². The molecule has 0 amide bonds.